The molecule has 1 atom stereocenters. The van der Waals surface area contributed by atoms with Crippen LogP contribution >= 0.6 is 15.9 Å². The third-order valence-corrected chi connectivity index (χ3v) is 3.88. The van der Waals surface area contributed by atoms with E-state index in [2.05, 4.69) is 34.2 Å². The first-order valence-corrected chi connectivity index (χ1v) is 7.17. The number of hydrogen-bond acceptors (Lipinski definition) is 2. The summed E-state index contributed by atoms with van der Waals surface area (Å²) < 4.78 is 1.07. The predicted octanol–water partition coefficient (Wildman–Crippen LogP) is 4.00. The lowest BCUT2D eigenvalue weighted by atomic mass is 10.1. The number of carboxylic acids is 1. The number of carbonyl (C=O) groups is 1. The van der Waals surface area contributed by atoms with Gasteiger partial charge in [0.2, 0.25) is 0 Å². The van der Waals surface area contributed by atoms with Crippen molar-refractivity contribution in [2.75, 3.05) is 0 Å². The van der Waals surface area contributed by atoms with E-state index in [4.69, 9.17) is 5.11 Å². The lowest BCUT2D eigenvalue weighted by Gasteiger charge is -2.16. The molecular weight excluding hydrogens is 318 g/mol. The van der Waals surface area contributed by atoms with E-state index in [1.807, 2.05) is 24.3 Å². The van der Waals surface area contributed by atoms with Gasteiger partial charge in [-0.3, -0.25) is 0 Å². The van der Waals surface area contributed by atoms with Crippen LogP contribution in [0.15, 0.2) is 53.0 Å². The average Bonchev–Trinajstić information content (AvgIpc) is 2.45. The summed E-state index contributed by atoms with van der Waals surface area (Å²) in [4.78, 5) is 10.9. The molecular formula is C16H16BrNO2. The first kappa shape index (κ1) is 14.8. The molecule has 0 amide bonds. The van der Waals surface area contributed by atoms with Crippen LogP contribution in [-0.2, 0) is 6.54 Å². The number of benzene rings is 2. The second-order valence-electron chi connectivity index (χ2n) is 4.63. The number of aromatic carboxylic acids is 1. The SMILES string of the molecule is C[C@H](NCc1cccc(C(=O)O)c1)c1ccccc1Br. The van der Waals surface area contributed by atoms with E-state index in [-0.39, 0.29) is 6.04 Å². The summed E-state index contributed by atoms with van der Waals surface area (Å²) >= 11 is 3.54. The molecule has 0 heterocycles. The standard InChI is InChI=1S/C16H16BrNO2/c1-11(14-7-2-3-8-15(14)17)18-10-12-5-4-6-13(9-12)16(19)20/h2-9,11,18H,10H2,1H3,(H,19,20)/t11-/m0/s1. The molecule has 0 saturated carbocycles. The zero-order valence-electron chi connectivity index (χ0n) is 11.1. The van der Waals surface area contributed by atoms with Crippen LogP contribution in [0, 0.1) is 0 Å². The largest absolute Gasteiger partial charge is 0.478 e. The molecule has 0 saturated heterocycles. The van der Waals surface area contributed by atoms with Crippen molar-refractivity contribution in [3.05, 3.63) is 69.7 Å². The maximum absolute atomic E-state index is 10.9. The van der Waals surface area contributed by atoms with Crippen molar-refractivity contribution in [3.8, 4) is 0 Å². The van der Waals surface area contributed by atoms with E-state index < -0.39 is 5.97 Å². The lowest BCUT2D eigenvalue weighted by molar-refractivity contribution is 0.0696. The highest BCUT2D eigenvalue weighted by Crippen LogP contribution is 2.23. The van der Waals surface area contributed by atoms with Crippen LogP contribution in [0.3, 0.4) is 0 Å². The number of carboxylic acid groups (broad SMARTS) is 1. The molecule has 0 radical (unpaired) electrons. The quantitative estimate of drug-likeness (QED) is 0.869. The Hall–Kier alpha value is -1.65. The number of halogens is 1. The molecule has 0 aliphatic rings. The number of nitrogens with one attached hydrogen (secondary N) is 1. The second kappa shape index (κ2) is 6.68. The molecule has 3 nitrogen and oxygen atoms in total. The molecule has 2 rings (SSSR count). The van der Waals surface area contributed by atoms with Gasteiger partial charge in [-0.1, -0.05) is 46.3 Å². The molecule has 0 fully saturated rings. The second-order valence-corrected chi connectivity index (χ2v) is 5.48. The summed E-state index contributed by atoms with van der Waals surface area (Å²) in [5.74, 6) is -0.897. The van der Waals surface area contributed by atoms with Gasteiger partial charge in [0.05, 0.1) is 5.56 Å². The molecule has 0 spiro atoms. The van der Waals surface area contributed by atoms with E-state index in [1.54, 1.807) is 18.2 Å². The topological polar surface area (TPSA) is 49.3 Å². The summed E-state index contributed by atoms with van der Waals surface area (Å²) in [5, 5.41) is 12.4. The van der Waals surface area contributed by atoms with Crippen molar-refractivity contribution < 1.29 is 9.90 Å². The maximum atomic E-state index is 10.9. The number of hydrogen-bond donors (Lipinski definition) is 2. The fourth-order valence-electron chi connectivity index (χ4n) is 2.02. The Kier molecular flexibility index (Phi) is 4.93. The van der Waals surface area contributed by atoms with E-state index in [1.165, 1.54) is 5.56 Å². The Morgan fingerprint density at radius 2 is 2.00 bits per heavy atom. The zero-order chi connectivity index (χ0) is 14.5. The Balaban J connectivity index is 2.04. The molecule has 0 bridgehead atoms. The van der Waals surface area contributed by atoms with Gasteiger partial charge in [0.1, 0.15) is 0 Å². The van der Waals surface area contributed by atoms with Gasteiger partial charge < -0.3 is 10.4 Å². The molecule has 104 valence electrons. The number of rotatable bonds is 5. The molecule has 2 N–H and O–H groups in total. The first-order chi connectivity index (χ1) is 9.58. The van der Waals surface area contributed by atoms with Crippen molar-refractivity contribution in [2.45, 2.75) is 19.5 Å². The predicted molar refractivity (Wildman–Crippen MR) is 82.8 cm³/mol. The summed E-state index contributed by atoms with van der Waals surface area (Å²) in [7, 11) is 0. The fraction of sp³-hybridized carbons (Fsp3) is 0.188. The van der Waals surface area contributed by atoms with Gasteiger partial charge in [0.15, 0.2) is 0 Å². The van der Waals surface area contributed by atoms with Crippen LogP contribution in [-0.4, -0.2) is 11.1 Å². The van der Waals surface area contributed by atoms with Gasteiger partial charge in [0.25, 0.3) is 0 Å². The van der Waals surface area contributed by atoms with Crippen molar-refractivity contribution >= 4 is 21.9 Å². The molecule has 0 aliphatic heterocycles. The van der Waals surface area contributed by atoms with Gasteiger partial charge in [-0.25, -0.2) is 4.79 Å². The minimum Gasteiger partial charge on any atom is -0.478 e. The molecule has 4 heteroatoms. The first-order valence-electron chi connectivity index (χ1n) is 6.38. The summed E-state index contributed by atoms with van der Waals surface area (Å²) in [6.07, 6.45) is 0. The van der Waals surface area contributed by atoms with E-state index in [9.17, 15) is 4.79 Å². The van der Waals surface area contributed by atoms with Crippen LogP contribution in [0.5, 0.6) is 0 Å². The Morgan fingerprint density at radius 3 is 2.70 bits per heavy atom. The zero-order valence-corrected chi connectivity index (χ0v) is 12.7. The molecule has 2 aromatic rings. The van der Waals surface area contributed by atoms with E-state index in [0.717, 1.165) is 10.0 Å². The van der Waals surface area contributed by atoms with Gasteiger partial charge in [-0.2, -0.15) is 0 Å². The highest BCUT2D eigenvalue weighted by molar-refractivity contribution is 9.10. The molecule has 2 aromatic carbocycles. The highest BCUT2D eigenvalue weighted by atomic mass is 79.9. The minimum absolute atomic E-state index is 0.180. The van der Waals surface area contributed by atoms with Crippen molar-refractivity contribution in [3.63, 3.8) is 0 Å². The Labute approximate surface area is 126 Å². The van der Waals surface area contributed by atoms with Gasteiger partial charge >= 0.3 is 5.97 Å². The summed E-state index contributed by atoms with van der Waals surface area (Å²) in [6.45, 7) is 2.71. The third-order valence-electron chi connectivity index (χ3n) is 3.16. The van der Waals surface area contributed by atoms with Gasteiger partial charge in [-0.05, 0) is 36.2 Å². The van der Waals surface area contributed by atoms with Crippen molar-refractivity contribution in [1.82, 2.24) is 5.32 Å². The minimum atomic E-state index is -0.897. The van der Waals surface area contributed by atoms with Crippen molar-refractivity contribution in [1.29, 1.82) is 0 Å². The summed E-state index contributed by atoms with van der Waals surface area (Å²) in [6, 6.07) is 15.2. The molecule has 0 unspecified atom stereocenters. The van der Waals surface area contributed by atoms with E-state index in [0.29, 0.717) is 12.1 Å². The van der Waals surface area contributed by atoms with Crippen LogP contribution in [0.1, 0.15) is 34.5 Å². The molecule has 0 aliphatic carbocycles. The Morgan fingerprint density at radius 1 is 1.25 bits per heavy atom. The smallest absolute Gasteiger partial charge is 0.335 e. The van der Waals surface area contributed by atoms with Crippen LogP contribution < -0.4 is 5.32 Å². The van der Waals surface area contributed by atoms with E-state index >= 15 is 0 Å². The summed E-state index contributed by atoms with van der Waals surface area (Å²) in [5.41, 5.74) is 2.46. The average molecular weight is 334 g/mol. The van der Waals surface area contributed by atoms with Gasteiger partial charge in [0, 0.05) is 17.1 Å². The van der Waals surface area contributed by atoms with Crippen LogP contribution in [0.4, 0.5) is 0 Å². The van der Waals surface area contributed by atoms with Crippen LogP contribution in [0.25, 0.3) is 0 Å². The highest BCUT2D eigenvalue weighted by Gasteiger charge is 2.09. The maximum Gasteiger partial charge on any atom is 0.335 e. The monoisotopic (exact) mass is 333 g/mol. The molecule has 20 heavy (non-hydrogen) atoms. The normalized spacial score (nSPS) is 12.1. The lowest BCUT2D eigenvalue weighted by Crippen LogP contribution is -2.18. The third kappa shape index (κ3) is 3.68. The Bertz CT molecular complexity index is 613. The van der Waals surface area contributed by atoms with Gasteiger partial charge in [-0.15, -0.1) is 0 Å². The molecule has 0 aromatic heterocycles. The van der Waals surface area contributed by atoms with Crippen molar-refractivity contribution in [2.24, 2.45) is 0 Å². The fourth-order valence-corrected chi connectivity index (χ4v) is 2.65. The van der Waals surface area contributed by atoms with Crippen LogP contribution in [0.2, 0.25) is 0 Å².